The first kappa shape index (κ1) is 24.0. The molecule has 1 saturated heterocycles. The highest BCUT2D eigenvalue weighted by Gasteiger charge is 2.21. The van der Waals surface area contributed by atoms with Gasteiger partial charge in [0.05, 0.1) is 12.6 Å². The number of ether oxygens (including phenoxy) is 2. The van der Waals surface area contributed by atoms with Gasteiger partial charge in [-0.3, -0.25) is 0 Å². The molecule has 0 bridgehead atoms. The summed E-state index contributed by atoms with van der Waals surface area (Å²) in [5.74, 6) is 2.44. The normalized spacial score (nSPS) is 15.6. The number of aliphatic imine (C=N–C) groups is 1. The molecule has 0 aliphatic carbocycles. The lowest BCUT2D eigenvalue weighted by Crippen LogP contribution is -2.47. The van der Waals surface area contributed by atoms with Gasteiger partial charge in [0.1, 0.15) is 12.4 Å². The van der Waals surface area contributed by atoms with Crippen LogP contribution in [0.5, 0.6) is 5.75 Å². The smallest absolute Gasteiger partial charge is 0.194 e. The zero-order valence-electron chi connectivity index (χ0n) is 17.2. The highest BCUT2D eigenvalue weighted by molar-refractivity contribution is 14.0. The summed E-state index contributed by atoms with van der Waals surface area (Å²) in [6.07, 6.45) is 2.53. The Bertz CT molecular complexity index is 541. The van der Waals surface area contributed by atoms with Crippen LogP contribution in [0.1, 0.15) is 52.0 Å². The van der Waals surface area contributed by atoms with Crippen molar-refractivity contribution in [2.45, 2.75) is 52.6 Å². The molecule has 154 valence electrons. The molecule has 5 nitrogen and oxygen atoms in total. The molecule has 6 heteroatoms. The molecule has 1 fully saturated rings. The van der Waals surface area contributed by atoms with Crippen molar-refractivity contribution in [3.05, 3.63) is 29.8 Å². The average molecular weight is 489 g/mol. The number of hydrogen-bond acceptors (Lipinski definition) is 3. The van der Waals surface area contributed by atoms with Gasteiger partial charge >= 0.3 is 0 Å². The van der Waals surface area contributed by atoms with E-state index in [0.717, 1.165) is 50.8 Å². The number of nitrogens with zero attached hydrogens (tertiary/aromatic N) is 2. The Kier molecular flexibility index (Phi) is 11.7. The lowest BCUT2D eigenvalue weighted by atomic mass is 10.0. The average Bonchev–Trinajstić information content (AvgIpc) is 2.65. The van der Waals surface area contributed by atoms with Crippen LogP contribution in [0.2, 0.25) is 0 Å². The third-order valence-electron chi connectivity index (χ3n) is 4.65. The van der Waals surface area contributed by atoms with Gasteiger partial charge in [0.25, 0.3) is 0 Å². The molecule has 0 aromatic heterocycles. The zero-order chi connectivity index (χ0) is 18.8. The molecule has 0 unspecified atom stereocenters. The van der Waals surface area contributed by atoms with Gasteiger partial charge in [-0.1, -0.05) is 26.0 Å². The number of benzene rings is 1. The van der Waals surface area contributed by atoms with E-state index in [-0.39, 0.29) is 24.0 Å². The fraction of sp³-hybridized carbons (Fsp3) is 0.667. The van der Waals surface area contributed by atoms with E-state index in [4.69, 9.17) is 14.5 Å². The van der Waals surface area contributed by atoms with E-state index < -0.39 is 0 Å². The molecule has 2 rings (SSSR count). The second-order valence-corrected chi connectivity index (χ2v) is 6.95. The van der Waals surface area contributed by atoms with Crippen molar-refractivity contribution in [1.82, 2.24) is 10.2 Å². The van der Waals surface area contributed by atoms with Crippen molar-refractivity contribution in [3.8, 4) is 5.75 Å². The summed E-state index contributed by atoms with van der Waals surface area (Å²) < 4.78 is 11.6. The first-order valence-electron chi connectivity index (χ1n) is 10.0. The molecule has 1 aliphatic heterocycles. The predicted molar refractivity (Wildman–Crippen MR) is 124 cm³/mol. The summed E-state index contributed by atoms with van der Waals surface area (Å²) in [5.41, 5.74) is 1.33. The van der Waals surface area contributed by atoms with Crippen LogP contribution < -0.4 is 10.1 Å². The summed E-state index contributed by atoms with van der Waals surface area (Å²) in [7, 11) is 0. The topological polar surface area (TPSA) is 46.1 Å². The fourth-order valence-electron chi connectivity index (χ4n) is 3.16. The van der Waals surface area contributed by atoms with E-state index in [9.17, 15) is 0 Å². The molecule has 0 saturated carbocycles. The summed E-state index contributed by atoms with van der Waals surface area (Å²) in [6, 6.07) is 8.36. The minimum Gasteiger partial charge on any atom is -0.492 e. The number of hydrogen-bond donors (Lipinski definition) is 1. The molecule has 1 N–H and O–H groups in total. The Labute approximate surface area is 181 Å². The van der Waals surface area contributed by atoms with Crippen LogP contribution in [0.3, 0.4) is 0 Å². The third-order valence-corrected chi connectivity index (χ3v) is 4.65. The number of halogens is 1. The standard InChI is InChI=1S/C21H35N3O2.HI/c1-5-22-21(24-14-11-20(12-15-24)25-6-2)23-13-16-26-19-9-7-18(8-10-19)17(3)4;/h7-10,17,20H,5-6,11-16H2,1-4H3,(H,22,23);1H. The van der Waals surface area contributed by atoms with Crippen LogP contribution in [0.15, 0.2) is 29.3 Å². The summed E-state index contributed by atoms with van der Waals surface area (Å²) in [5, 5.41) is 3.40. The van der Waals surface area contributed by atoms with Crippen LogP contribution in [-0.4, -0.2) is 56.4 Å². The van der Waals surface area contributed by atoms with E-state index in [1.165, 1.54) is 5.56 Å². The maximum Gasteiger partial charge on any atom is 0.194 e. The molecule has 1 aliphatic rings. The van der Waals surface area contributed by atoms with Crippen LogP contribution in [0.4, 0.5) is 0 Å². The van der Waals surface area contributed by atoms with E-state index in [1.54, 1.807) is 0 Å². The molecule has 1 aromatic rings. The van der Waals surface area contributed by atoms with Gasteiger partial charge in [0.2, 0.25) is 0 Å². The van der Waals surface area contributed by atoms with E-state index in [1.807, 2.05) is 12.1 Å². The van der Waals surface area contributed by atoms with Crippen molar-refractivity contribution in [2.24, 2.45) is 4.99 Å². The lowest BCUT2D eigenvalue weighted by Gasteiger charge is -2.34. The lowest BCUT2D eigenvalue weighted by molar-refractivity contribution is 0.0263. The van der Waals surface area contributed by atoms with Gasteiger partial charge in [-0.2, -0.15) is 0 Å². The Balaban J connectivity index is 0.00000364. The molecular weight excluding hydrogens is 453 g/mol. The van der Waals surface area contributed by atoms with Gasteiger partial charge in [0, 0.05) is 26.2 Å². The molecule has 1 heterocycles. The molecule has 0 radical (unpaired) electrons. The SMILES string of the molecule is CCNC(=NCCOc1ccc(C(C)C)cc1)N1CCC(OCC)CC1.I. The third kappa shape index (κ3) is 8.25. The van der Waals surface area contributed by atoms with Gasteiger partial charge in [-0.05, 0) is 50.3 Å². The monoisotopic (exact) mass is 489 g/mol. The van der Waals surface area contributed by atoms with Crippen molar-refractivity contribution >= 4 is 29.9 Å². The molecule has 27 heavy (non-hydrogen) atoms. The van der Waals surface area contributed by atoms with E-state index in [0.29, 0.717) is 25.2 Å². The molecular formula is C21H36IN3O2. The molecule has 1 aromatic carbocycles. The Morgan fingerprint density at radius 1 is 1.19 bits per heavy atom. The van der Waals surface area contributed by atoms with Crippen LogP contribution >= 0.6 is 24.0 Å². The summed E-state index contributed by atoms with van der Waals surface area (Å²) >= 11 is 0. The fourth-order valence-corrected chi connectivity index (χ4v) is 3.16. The second-order valence-electron chi connectivity index (χ2n) is 6.95. The highest BCUT2D eigenvalue weighted by Crippen LogP contribution is 2.18. The van der Waals surface area contributed by atoms with Crippen molar-refractivity contribution in [2.75, 3.05) is 39.4 Å². The zero-order valence-corrected chi connectivity index (χ0v) is 19.6. The molecule has 0 spiro atoms. The largest absolute Gasteiger partial charge is 0.492 e. The van der Waals surface area contributed by atoms with Crippen molar-refractivity contribution < 1.29 is 9.47 Å². The number of guanidine groups is 1. The van der Waals surface area contributed by atoms with Crippen molar-refractivity contribution in [1.29, 1.82) is 0 Å². The number of likely N-dealkylation sites (tertiary alicyclic amines) is 1. The molecule has 0 amide bonds. The van der Waals surface area contributed by atoms with Gasteiger partial charge in [-0.25, -0.2) is 4.99 Å². The maximum atomic E-state index is 5.83. The molecule has 0 atom stereocenters. The minimum absolute atomic E-state index is 0. The first-order valence-corrected chi connectivity index (χ1v) is 10.0. The summed E-state index contributed by atoms with van der Waals surface area (Å²) in [6.45, 7) is 13.5. The minimum atomic E-state index is 0. The van der Waals surface area contributed by atoms with Crippen LogP contribution in [-0.2, 0) is 4.74 Å². The van der Waals surface area contributed by atoms with E-state index in [2.05, 4.69) is 50.0 Å². The van der Waals surface area contributed by atoms with Gasteiger partial charge in [-0.15, -0.1) is 24.0 Å². The van der Waals surface area contributed by atoms with Crippen molar-refractivity contribution in [3.63, 3.8) is 0 Å². The number of nitrogens with one attached hydrogen (secondary N) is 1. The number of piperidine rings is 1. The summed E-state index contributed by atoms with van der Waals surface area (Å²) in [4.78, 5) is 7.06. The van der Waals surface area contributed by atoms with Gasteiger partial charge in [0.15, 0.2) is 5.96 Å². The Hall–Kier alpha value is -1.02. The van der Waals surface area contributed by atoms with E-state index >= 15 is 0 Å². The number of rotatable bonds is 8. The van der Waals surface area contributed by atoms with Crippen LogP contribution in [0, 0.1) is 0 Å². The Morgan fingerprint density at radius 2 is 1.85 bits per heavy atom. The van der Waals surface area contributed by atoms with Crippen LogP contribution in [0.25, 0.3) is 0 Å². The second kappa shape index (κ2) is 13.2. The maximum absolute atomic E-state index is 5.83. The first-order chi connectivity index (χ1) is 12.6. The highest BCUT2D eigenvalue weighted by atomic mass is 127. The Morgan fingerprint density at radius 3 is 2.41 bits per heavy atom. The predicted octanol–water partition coefficient (Wildman–Crippen LogP) is 4.27. The van der Waals surface area contributed by atoms with Gasteiger partial charge < -0.3 is 19.7 Å². The quantitative estimate of drug-likeness (QED) is 0.257.